The monoisotopic (exact) mass is 447 g/mol. The van der Waals surface area contributed by atoms with Crippen LogP contribution in [0.2, 0.25) is 5.02 Å². The lowest BCUT2D eigenvalue weighted by Gasteiger charge is -2.16. The summed E-state index contributed by atoms with van der Waals surface area (Å²) in [4.78, 5) is 12.4. The van der Waals surface area contributed by atoms with Crippen LogP contribution in [0.1, 0.15) is 23.6 Å². The Morgan fingerprint density at radius 3 is 2.50 bits per heavy atom. The molecule has 0 radical (unpaired) electrons. The van der Waals surface area contributed by atoms with E-state index in [-0.39, 0.29) is 16.8 Å². The van der Waals surface area contributed by atoms with E-state index >= 15 is 0 Å². The summed E-state index contributed by atoms with van der Waals surface area (Å²) in [7, 11) is 0. The zero-order valence-electron chi connectivity index (χ0n) is 13.2. The molecule has 0 aliphatic carbocycles. The average Bonchev–Trinajstić information content (AvgIpc) is 3.06. The van der Waals surface area contributed by atoms with Gasteiger partial charge >= 0.3 is 6.18 Å². The lowest BCUT2D eigenvalue weighted by Crippen LogP contribution is -2.39. The smallest absolute Gasteiger partial charge is 0.324 e. The third kappa shape index (κ3) is 4.37. The van der Waals surface area contributed by atoms with E-state index in [4.69, 9.17) is 11.6 Å². The number of nitrogens with one attached hydrogen (secondary N) is 3. The van der Waals surface area contributed by atoms with Crippen LogP contribution in [0.4, 0.5) is 18.9 Å². The van der Waals surface area contributed by atoms with Gasteiger partial charge in [0, 0.05) is 15.5 Å². The summed E-state index contributed by atoms with van der Waals surface area (Å²) in [5, 5.41) is 2.29. The maximum atomic E-state index is 13.1. The molecule has 2 aromatic carbocycles. The number of carbonyl (C=O) groups is 1. The summed E-state index contributed by atoms with van der Waals surface area (Å²) >= 11 is 9.00. The molecule has 1 saturated heterocycles. The molecule has 1 aliphatic rings. The van der Waals surface area contributed by atoms with E-state index in [1.165, 1.54) is 6.07 Å². The van der Waals surface area contributed by atoms with Gasteiger partial charge in [0.25, 0.3) is 0 Å². The third-order valence-corrected chi connectivity index (χ3v) is 4.80. The van der Waals surface area contributed by atoms with Crippen molar-refractivity contribution in [2.45, 2.75) is 24.7 Å². The summed E-state index contributed by atoms with van der Waals surface area (Å²) in [6, 6.07) is 10.0. The molecule has 0 bridgehead atoms. The Morgan fingerprint density at radius 2 is 1.85 bits per heavy atom. The number of alkyl halides is 3. The molecule has 2 aromatic rings. The van der Waals surface area contributed by atoms with E-state index < -0.39 is 23.7 Å². The topological polar surface area (TPSA) is 53.2 Å². The zero-order chi connectivity index (χ0) is 18.9. The Balaban J connectivity index is 1.71. The van der Waals surface area contributed by atoms with Crippen LogP contribution in [0.3, 0.4) is 0 Å². The summed E-state index contributed by atoms with van der Waals surface area (Å²) in [6.45, 7) is 0. The molecule has 3 N–H and O–H groups in total. The van der Waals surface area contributed by atoms with Crippen molar-refractivity contribution in [3.63, 3.8) is 0 Å². The maximum Gasteiger partial charge on any atom is 0.418 e. The molecule has 138 valence electrons. The average molecular weight is 449 g/mol. The van der Waals surface area contributed by atoms with Crippen molar-refractivity contribution in [2.75, 3.05) is 5.32 Å². The van der Waals surface area contributed by atoms with E-state index in [9.17, 15) is 18.0 Å². The van der Waals surface area contributed by atoms with Crippen LogP contribution in [0.25, 0.3) is 0 Å². The number of amides is 1. The summed E-state index contributed by atoms with van der Waals surface area (Å²) in [5.74, 6) is -0.551. The van der Waals surface area contributed by atoms with Gasteiger partial charge in [-0.15, -0.1) is 0 Å². The first-order chi connectivity index (χ1) is 12.2. The first-order valence-electron chi connectivity index (χ1n) is 7.68. The van der Waals surface area contributed by atoms with Crippen molar-refractivity contribution in [1.29, 1.82) is 0 Å². The largest absolute Gasteiger partial charge is 0.418 e. The second-order valence-electron chi connectivity index (χ2n) is 5.86. The molecule has 26 heavy (non-hydrogen) atoms. The Hall–Kier alpha value is -1.61. The molecule has 2 unspecified atom stereocenters. The second kappa shape index (κ2) is 7.56. The number of hydrogen-bond acceptors (Lipinski definition) is 3. The minimum Gasteiger partial charge on any atom is -0.324 e. The van der Waals surface area contributed by atoms with Crippen LogP contribution in [0, 0.1) is 0 Å². The zero-order valence-corrected chi connectivity index (χ0v) is 15.5. The van der Waals surface area contributed by atoms with Crippen LogP contribution in [-0.2, 0) is 11.0 Å². The standard InChI is InChI=1S/C17H14BrClF3N3O/c18-10-3-1-9(2-4-10)14-8-15(25-24-14)16(26)23-13-6-5-11(19)7-12(13)17(20,21)22/h1-7,14-15,24-25H,8H2,(H,23,26). The quantitative estimate of drug-likeness (QED) is 0.640. The van der Waals surface area contributed by atoms with E-state index in [1.807, 2.05) is 24.3 Å². The SMILES string of the molecule is O=C(Nc1ccc(Cl)cc1C(F)(F)F)C1CC(c2ccc(Br)cc2)NN1. The molecule has 0 spiro atoms. The molecule has 1 amide bonds. The molecule has 9 heteroatoms. The van der Waals surface area contributed by atoms with Gasteiger partial charge in [-0.05, 0) is 42.3 Å². The number of carbonyl (C=O) groups excluding carboxylic acids is 1. The van der Waals surface area contributed by atoms with Gasteiger partial charge in [0.1, 0.15) is 6.04 Å². The molecule has 3 rings (SSSR count). The normalized spacial score (nSPS) is 20.2. The van der Waals surface area contributed by atoms with Crippen molar-refractivity contribution in [2.24, 2.45) is 0 Å². The van der Waals surface area contributed by atoms with Crippen molar-refractivity contribution in [3.8, 4) is 0 Å². The number of benzene rings is 2. The van der Waals surface area contributed by atoms with Crippen LogP contribution < -0.4 is 16.2 Å². The molecule has 1 aliphatic heterocycles. The molecule has 2 atom stereocenters. The Labute approximate surface area is 161 Å². The highest BCUT2D eigenvalue weighted by molar-refractivity contribution is 9.10. The number of halogens is 5. The van der Waals surface area contributed by atoms with E-state index in [2.05, 4.69) is 32.1 Å². The number of hydrogen-bond donors (Lipinski definition) is 3. The van der Waals surface area contributed by atoms with Gasteiger partial charge < -0.3 is 5.32 Å². The second-order valence-corrected chi connectivity index (χ2v) is 7.21. The van der Waals surface area contributed by atoms with Gasteiger partial charge in [-0.25, -0.2) is 10.9 Å². The van der Waals surface area contributed by atoms with Gasteiger partial charge in [-0.1, -0.05) is 39.7 Å². The van der Waals surface area contributed by atoms with Crippen LogP contribution in [0.15, 0.2) is 46.9 Å². The van der Waals surface area contributed by atoms with E-state index in [0.29, 0.717) is 6.42 Å². The molecule has 0 aromatic heterocycles. The number of rotatable bonds is 3. The molecule has 4 nitrogen and oxygen atoms in total. The summed E-state index contributed by atoms with van der Waals surface area (Å²) in [6.07, 6.45) is -4.21. The Morgan fingerprint density at radius 1 is 1.15 bits per heavy atom. The molecule has 0 saturated carbocycles. The van der Waals surface area contributed by atoms with Crippen molar-refractivity contribution in [3.05, 3.63) is 63.1 Å². The van der Waals surface area contributed by atoms with Crippen molar-refractivity contribution < 1.29 is 18.0 Å². The highest BCUT2D eigenvalue weighted by Crippen LogP contribution is 2.36. The van der Waals surface area contributed by atoms with Crippen LogP contribution in [0.5, 0.6) is 0 Å². The van der Waals surface area contributed by atoms with Crippen molar-refractivity contribution in [1.82, 2.24) is 10.9 Å². The van der Waals surface area contributed by atoms with Crippen molar-refractivity contribution >= 4 is 39.1 Å². The molecule has 1 heterocycles. The van der Waals surface area contributed by atoms with Crippen LogP contribution >= 0.6 is 27.5 Å². The summed E-state index contributed by atoms with van der Waals surface area (Å²) in [5.41, 5.74) is 5.50. The first kappa shape index (κ1) is 19.2. The fourth-order valence-electron chi connectivity index (χ4n) is 2.72. The molecule has 1 fully saturated rings. The van der Waals surface area contributed by atoms with E-state index in [1.54, 1.807) is 0 Å². The first-order valence-corrected chi connectivity index (χ1v) is 8.85. The fraction of sp³-hybridized carbons (Fsp3) is 0.235. The minimum atomic E-state index is -4.62. The minimum absolute atomic E-state index is 0.0497. The highest BCUT2D eigenvalue weighted by Gasteiger charge is 2.36. The van der Waals surface area contributed by atoms with E-state index in [0.717, 1.165) is 22.2 Å². The van der Waals surface area contributed by atoms with Gasteiger partial charge in [0.15, 0.2) is 0 Å². The predicted octanol–water partition coefficient (Wildman–Crippen LogP) is 4.67. The van der Waals surface area contributed by atoms with Gasteiger partial charge in [0.05, 0.1) is 11.3 Å². The fourth-order valence-corrected chi connectivity index (χ4v) is 3.16. The Bertz CT molecular complexity index is 814. The van der Waals surface area contributed by atoms with Gasteiger partial charge in [-0.3, -0.25) is 4.79 Å². The molecular weight excluding hydrogens is 435 g/mol. The maximum absolute atomic E-state index is 13.1. The third-order valence-electron chi connectivity index (χ3n) is 4.04. The predicted molar refractivity (Wildman–Crippen MR) is 96.6 cm³/mol. The van der Waals surface area contributed by atoms with Crippen LogP contribution in [-0.4, -0.2) is 11.9 Å². The number of anilines is 1. The lowest BCUT2D eigenvalue weighted by molar-refractivity contribution is -0.137. The highest BCUT2D eigenvalue weighted by atomic mass is 79.9. The van der Waals surface area contributed by atoms with Gasteiger partial charge in [0.2, 0.25) is 5.91 Å². The summed E-state index contributed by atoms with van der Waals surface area (Å²) < 4.78 is 40.3. The number of hydrazine groups is 1. The van der Waals surface area contributed by atoms with Gasteiger partial charge in [-0.2, -0.15) is 13.2 Å². The Kier molecular flexibility index (Phi) is 5.57. The lowest BCUT2D eigenvalue weighted by atomic mass is 10.0. The molecular formula is C17H14BrClF3N3O.